The van der Waals surface area contributed by atoms with Gasteiger partial charge in [0.25, 0.3) is 5.91 Å². The van der Waals surface area contributed by atoms with Crippen LogP contribution in [0.2, 0.25) is 0 Å². The third-order valence-corrected chi connectivity index (χ3v) is 4.32. The molecular formula is C20H20N2O3. The number of carbonyl (C=O) groups excluding carboxylic acids is 1. The van der Waals surface area contributed by atoms with Gasteiger partial charge in [-0.2, -0.15) is 5.26 Å². The van der Waals surface area contributed by atoms with Crippen LogP contribution < -0.4 is 14.4 Å². The summed E-state index contributed by atoms with van der Waals surface area (Å²) in [6.07, 6.45) is 1.27. The van der Waals surface area contributed by atoms with E-state index in [1.165, 1.54) is 12.7 Å². The van der Waals surface area contributed by atoms with Gasteiger partial charge < -0.3 is 14.4 Å². The zero-order valence-corrected chi connectivity index (χ0v) is 14.4. The van der Waals surface area contributed by atoms with Crippen LogP contribution in [0.3, 0.4) is 0 Å². The summed E-state index contributed by atoms with van der Waals surface area (Å²) < 4.78 is 11.1. The van der Waals surface area contributed by atoms with Crippen molar-refractivity contribution < 1.29 is 14.3 Å². The minimum atomic E-state index is -0.659. The van der Waals surface area contributed by atoms with Crippen LogP contribution in [-0.4, -0.2) is 25.7 Å². The first kappa shape index (κ1) is 16.8. The fourth-order valence-corrected chi connectivity index (χ4v) is 3.06. The Morgan fingerprint density at radius 2 is 2.04 bits per heavy atom. The smallest absolute Gasteiger partial charge is 0.267 e. The highest BCUT2D eigenvalue weighted by molar-refractivity contribution is 5.97. The molecule has 0 spiro atoms. The van der Waals surface area contributed by atoms with Crippen LogP contribution in [0.5, 0.6) is 11.5 Å². The van der Waals surface area contributed by atoms with E-state index in [-0.39, 0.29) is 5.91 Å². The number of rotatable bonds is 4. The molecule has 2 aromatic carbocycles. The number of fused-ring (bicyclic) bond motifs is 1. The van der Waals surface area contributed by atoms with E-state index in [1.807, 2.05) is 18.2 Å². The lowest BCUT2D eigenvalue weighted by Gasteiger charge is -2.31. The average molecular weight is 336 g/mol. The van der Waals surface area contributed by atoms with Gasteiger partial charge in [0.15, 0.2) is 17.6 Å². The molecular weight excluding hydrogens is 316 g/mol. The quantitative estimate of drug-likeness (QED) is 0.859. The zero-order chi connectivity index (χ0) is 17.8. The van der Waals surface area contributed by atoms with Gasteiger partial charge in [-0.3, -0.25) is 4.79 Å². The molecule has 0 aliphatic carbocycles. The molecule has 128 valence electrons. The van der Waals surface area contributed by atoms with Gasteiger partial charge in [-0.25, -0.2) is 0 Å². The first-order valence-electron chi connectivity index (χ1n) is 8.28. The fraction of sp³-hybridized carbons (Fsp3) is 0.300. The van der Waals surface area contributed by atoms with Crippen molar-refractivity contribution in [3.8, 4) is 17.6 Å². The molecule has 0 N–H and O–H groups in total. The van der Waals surface area contributed by atoms with E-state index in [2.05, 4.69) is 12.1 Å². The van der Waals surface area contributed by atoms with Gasteiger partial charge in [0.1, 0.15) is 0 Å². The Morgan fingerprint density at radius 3 is 2.80 bits per heavy atom. The Balaban J connectivity index is 1.80. The lowest BCUT2D eigenvalue weighted by atomic mass is 10.0. The molecule has 25 heavy (non-hydrogen) atoms. The Labute approximate surface area is 147 Å². The second-order valence-electron chi connectivity index (χ2n) is 5.96. The van der Waals surface area contributed by atoms with Crippen molar-refractivity contribution in [1.29, 1.82) is 5.26 Å². The first-order valence-corrected chi connectivity index (χ1v) is 8.28. The molecule has 0 aromatic heterocycles. The molecule has 0 radical (unpaired) electrons. The Bertz CT molecular complexity index is 826. The number of methoxy groups -OCH3 is 1. The van der Waals surface area contributed by atoms with Gasteiger partial charge in [-0.05, 0) is 43.5 Å². The standard InChI is InChI=1S/C20H20N2O3/c1-14(25-18-10-9-15(13-21)12-19(18)24-2)20(23)22-11-5-7-16-6-3-4-8-17(16)22/h3-4,6,8-10,12,14H,5,7,11H2,1-2H3/t14-/m0/s1. The first-order chi connectivity index (χ1) is 12.1. The largest absolute Gasteiger partial charge is 0.493 e. The molecule has 5 nitrogen and oxygen atoms in total. The van der Waals surface area contributed by atoms with Gasteiger partial charge in [0.2, 0.25) is 0 Å². The van der Waals surface area contributed by atoms with E-state index < -0.39 is 6.10 Å². The predicted molar refractivity (Wildman–Crippen MR) is 94.9 cm³/mol. The van der Waals surface area contributed by atoms with E-state index in [4.69, 9.17) is 14.7 Å². The maximum atomic E-state index is 12.9. The number of carbonyl (C=O) groups is 1. The maximum absolute atomic E-state index is 12.9. The molecule has 0 saturated carbocycles. The van der Waals surface area contributed by atoms with Crippen molar-refractivity contribution in [2.45, 2.75) is 25.9 Å². The van der Waals surface area contributed by atoms with Gasteiger partial charge >= 0.3 is 0 Å². The van der Waals surface area contributed by atoms with Crippen molar-refractivity contribution >= 4 is 11.6 Å². The summed E-state index contributed by atoms with van der Waals surface area (Å²) in [6, 6.07) is 14.9. The second-order valence-corrected chi connectivity index (χ2v) is 5.96. The molecule has 1 aliphatic rings. The van der Waals surface area contributed by atoms with Crippen molar-refractivity contribution in [3.05, 3.63) is 53.6 Å². The summed E-state index contributed by atoms with van der Waals surface area (Å²) in [7, 11) is 1.51. The predicted octanol–water partition coefficient (Wildman–Crippen LogP) is 3.31. The van der Waals surface area contributed by atoms with Crippen LogP contribution in [0.4, 0.5) is 5.69 Å². The fourth-order valence-electron chi connectivity index (χ4n) is 3.06. The van der Waals surface area contributed by atoms with Crippen LogP contribution in [0.15, 0.2) is 42.5 Å². The Morgan fingerprint density at radius 1 is 1.24 bits per heavy atom. The molecule has 1 atom stereocenters. The molecule has 1 aliphatic heterocycles. The van der Waals surface area contributed by atoms with Crippen molar-refractivity contribution in [3.63, 3.8) is 0 Å². The molecule has 3 rings (SSSR count). The molecule has 0 unspecified atom stereocenters. The highest BCUT2D eigenvalue weighted by Crippen LogP contribution is 2.31. The third kappa shape index (κ3) is 3.43. The SMILES string of the molecule is COc1cc(C#N)ccc1O[C@@H](C)C(=O)N1CCCc2ccccc21. The average Bonchev–Trinajstić information content (AvgIpc) is 2.67. The number of hydrogen-bond donors (Lipinski definition) is 0. The summed E-state index contributed by atoms with van der Waals surface area (Å²) >= 11 is 0. The Kier molecular flexibility index (Phi) is 4.90. The van der Waals surface area contributed by atoms with Gasteiger partial charge in [-0.1, -0.05) is 18.2 Å². The van der Waals surface area contributed by atoms with Crippen LogP contribution in [0, 0.1) is 11.3 Å². The number of benzene rings is 2. The van der Waals surface area contributed by atoms with E-state index in [9.17, 15) is 4.79 Å². The highest BCUT2D eigenvalue weighted by Gasteiger charge is 2.27. The van der Waals surface area contributed by atoms with Crippen LogP contribution >= 0.6 is 0 Å². The number of para-hydroxylation sites is 1. The monoisotopic (exact) mass is 336 g/mol. The van der Waals surface area contributed by atoms with Crippen molar-refractivity contribution in [2.24, 2.45) is 0 Å². The highest BCUT2D eigenvalue weighted by atomic mass is 16.5. The van der Waals surface area contributed by atoms with Crippen LogP contribution in [-0.2, 0) is 11.2 Å². The van der Waals surface area contributed by atoms with E-state index >= 15 is 0 Å². The summed E-state index contributed by atoms with van der Waals surface area (Å²) in [5, 5.41) is 8.97. The number of nitrogens with zero attached hydrogens (tertiary/aromatic N) is 2. The van der Waals surface area contributed by atoms with Crippen molar-refractivity contribution in [2.75, 3.05) is 18.6 Å². The summed E-state index contributed by atoms with van der Waals surface area (Å²) in [6.45, 7) is 2.42. The number of hydrogen-bond acceptors (Lipinski definition) is 4. The number of aryl methyl sites for hydroxylation is 1. The number of nitriles is 1. The molecule has 0 bridgehead atoms. The molecule has 5 heteroatoms. The number of ether oxygens (including phenoxy) is 2. The summed E-state index contributed by atoms with van der Waals surface area (Å²) in [4.78, 5) is 14.7. The summed E-state index contributed by atoms with van der Waals surface area (Å²) in [5.74, 6) is 0.809. The topological polar surface area (TPSA) is 62.6 Å². The van der Waals surface area contributed by atoms with Gasteiger partial charge in [-0.15, -0.1) is 0 Å². The molecule has 1 amide bonds. The molecule has 1 heterocycles. The molecule has 2 aromatic rings. The number of anilines is 1. The normalized spacial score (nSPS) is 14.2. The minimum absolute atomic E-state index is 0.0847. The number of amides is 1. The van der Waals surface area contributed by atoms with E-state index in [1.54, 1.807) is 30.0 Å². The van der Waals surface area contributed by atoms with Crippen LogP contribution in [0.1, 0.15) is 24.5 Å². The minimum Gasteiger partial charge on any atom is -0.493 e. The summed E-state index contributed by atoms with van der Waals surface area (Å²) in [5.41, 5.74) is 2.62. The zero-order valence-electron chi connectivity index (χ0n) is 14.4. The van der Waals surface area contributed by atoms with Crippen molar-refractivity contribution in [1.82, 2.24) is 0 Å². The van der Waals surface area contributed by atoms with E-state index in [0.717, 1.165) is 18.5 Å². The second kappa shape index (κ2) is 7.27. The lowest BCUT2D eigenvalue weighted by molar-refractivity contribution is -0.124. The maximum Gasteiger partial charge on any atom is 0.267 e. The molecule has 0 saturated heterocycles. The van der Waals surface area contributed by atoms with Gasteiger partial charge in [0.05, 0.1) is 18.7 Å². The lowest BCUT2D eigenvalue weighted by Crippen LogP contribution is -2.43. The van der Waals surface area contributed by atoms with Crippen LogP contribution in [0.25, 0.3) is 0 Å². The van der Waals surface area contributed by atoms with E-state index in [0.29, 0.717) is 23.6 Å². The Hall–Kier alpha value is -3.00. The van der Waals surface area contributed by atoms with Gasteiger partial charge in [0, 0.05) is 18.3 Å². The molecule has 0 fully saturated rings. The third-order valence-electron chi connectivity index (χ3n) is 4.32.